The number of hydrogen-bond acceptors (Lipinski definition) is 2. The van der Waals surface area contributed by atoms with Crippen LogP contribution in [0.1, 0.15) is 41.0 Å². The molecule has 0 atom stereocenters. The fraction of sp³-hybridized carbons (Fsp3) is 0.333. The Morgan fingerprint density at radius 1 is 1.19 bits per heavy atom. The van der Waals surface area contributed by atoms with Gasteiger partial charge in [-0.25, -0.2) is 9.48 Å². The summed E-state index contributed by atoms with van der Waals surface area (Å²) in [5, 5.41) is 14.7. The minimum Gasteiger partial charge on any atom is -0.476 e. The highest BCUT2D eigenvalue weighted by Gasteiger charge is 2.25. The number of benzene rings is 1. The van der Waals surface area contributed by atoms with Gasteiger partial charge in [-0.1, -0.05) is 29.6 Å². The lowest BCUT2D eigenvalue weighted by atomic mass is 10.1. The van der Waals surface area contributed by atoms with Gasteiger partial charge in [0, 0.05) is 16.3 Å². The Morgan fingerprint density at radius 2 is 1.95 bits per heavy atom. The van der Waals surface area contributed by atoms with Crippen molar-refractivity contribution in [3.05, 3.63) is 45.2 Å². The number of carboxylic acid groups (broad SMARTS) is 1. The molecule has 110 valence electrons. The molecule has 0 aliphatic heterocycles. The van der Waals surface area contributed by atoms with Crippen LogP contribution < -0.4 is 0 Å². The van der Waals surface area contributed by atoms with E-state index in [1.807, 2.05) is 0 Å². The van der Waals surface area contributed by atoms with Gasteiger partial charge in [-0.05, 0) is 43.9 Å². The van der Waals surface area contributed by atoms with Crippen molar-refractivity contribution in [3.63, 3.8) is 0 Å². The average molecular weight is 325 g/mol. The van der Waals surface area contributed by atoms with Gasteiger partial charge in [-0.3, -0.25) is 0 Å². The zero-order chi connectivity index (χ0) is 15.0. The summed E-state index contributed by atoms with van der Waals surface area (Å²) in [5.41, 5.74) is 2.53. The Kier molecular flexibility index (Phi) is 3.91. The van der Waals surface area contributed by atoms with Crippen molar-refractivity contribution in [1.29, 1.82) is 0 Å². The molecular formula is C15H14Cl2N2O2. The molecule has 0 saturated heterocycles. The summed E-state index contributed by atoms with van der Waals surface area (Å²) in [6.45, 7) is 0. The summed E-state index contributed by atoms with van der Waals surface area (Å²) in [5.74, 6) is -0.995. The summed E-state index contributed by atoms with van der Waals surface area (Å²) in [4.78, 5) is 11.4. The number of aromatic carboxylic acids is 1. The molecule has 1 heterocycles. The summed E-state index contributed by atoms with van der Waals surface area (Å²) in [6, 6.07) is 5.12. The van der Waals surface area contributed by atoms with Crippen molar-refractivity contribution >= 4 is 29.2 Å². The van der Waals surface area contributed by atoms with Gasteiger partial charge in [0.25, 0.3) is 0 Å². The maximum absolute atomic E-state index is 11.4. The van der Waals surface area contributed by atoms with Crippen molar-refractivity contribution < 1.29 is 9.90 Å². The van der Waals surface area contributed by atoms with E-state index < -0.39 is 5.97 Å². The fourth-order valence-corrected chi connectivity index (χ4v) is 3.16. The van der Waals surface area contributed by atoms with E-state index in [0.29, 0.717) is 15.7 Å². The third-order valence-corrected chi connectivity index (χ3v) is 4.32. The van der Waals surface area contributed by atoms with Gasteiger partial charge in [-0.2, -0.15) is 5.10 Å². The minimum absolute atomic E-state index is 0.128. The number of halogens is 2. The molecule has 0 radical (unpaired) electrons. The number of hydrogen-bond donors (Lipinski definition) is 1. The first-order chi connectivity index (χ1) is 10.1. The van der Waals surface area contributed by atoms with E-state index in [1.54, 1.807) is 22.9 Å². The van der Waals surface area contributed by atoms with E-state index >= 15 is 0 Å². The molecule has 4 nitrogen and oxygen atoms in total. The first-order valence-corrected chi connectivity index (χ1v) is 7.63. The molecule has 2 aromatic rings. The molecule has 3 rings (SSSR count). The molecule has 6 heteroatoms. The number of carbonyl (C=O) groups is 1. The lowest BCUT2D eigenvalue weighted by Crippen LogP contribution is -2.04. The SMILES string of the molecule is O=C(O)c1nn(-c2cc(Cl)ccc2Cl)c2c1CCCCC2. The summed E-state index contributed by atoms with van der Waals surface area (Å²) in [6.07, 6.45) is 4.66. The van der Waals surface area contributed by atoms with Gasteiger partial charge >= 0.3 is 5.97 Å². The molecule has 0 fully saturated rings. The smallest absolute Gasteiger partial charge is 0.356 e. The lowest BCUT2D eigenvalue weighted by molar-refractivity contribution is 0.0688. The van der Waals surface area contributed by atoms with Crippen LogP contribution in [0.15, 0.2) is 18.2 Å². The average Bonchev–Trinajstić information content (AvgIpc) is 2.64. The van der Waals surface area contributed by atoms with Gasteiger partial charge in [0.1, 0.15) is 0 Å². The Hall–Kier alpha value is -1.52. The van der Waals surface area contributed by atoms with Crippen LogP contribution in [0.4, 0.5) is 0 Å². The van der Waals surface area contributed by atoms with Crippen LogP contribution in [-0.4, -0.2) is 20.9 Å². The first kappa shape index (κ1) is 14.4. The predicted molar refractivity (Wildman–Crippen MR) is 81.8 cm³/mol. The van der Waals surface area contributed by atoms with Crippen LogP contribution in [0.25, 0.3) is 5.69 Å². The molecule has 21 heavy (non-hydrogen) atoms. The van der Waals surface area contributed by atoms with E-state index in [-0.39, 0.29) is 5.69 Å². The van der Waals surface area contributed by atoms with Gasteiger partial charge in [0.15, 0.2) is 5.69 Å². The van der Waals surface area contributed by atoms with Crippen LogP contribution in [-0.2, 0) is 12.8 Å². The van der Waals surface area contributed by atoms with Gasteiger partial charge < -0.3 is 5.11 Å². The normalized spacial score (nSPS) is 14.6. The Balaban J connectivity index is 2.23. The van der Waals surface area contributed by atoms with Crippen LogP contribution in [0.5, 0.6) is 0 Å². The molecule has 1 aromatic carbocycles. The van der Waals surface area contributed by atoms with Gasteiger partial charge in [0.2, 0.25) is 0 Å². The molecule has 0 saturated carbocycles. The van der Waals surface area contributed by atoms with Gasteiger partial charge in [-0.15, -0.1) is 0 Å². The topological polar surface area (TPSA) is 55.1 Å². The summed E-state index contributed by atoms with van der Waals surface area (Å²) < 4.78 is 1.65. The Labute approximate surface area is 132 Å². The zero-order valence-electron chi connectivity index (χ0n) is 11.3. The molecule has 1 aliphatic rings. The molecule has 0 amide bonds. The largest absolute Gasteiger partial charge is 0.476 e. The van der Waals surface area contributed by atoms with Gasteiger partial charge in [0.05, 0.1) is 10.7 Å². The van der Waals surface area contributed by atoms with E-state index in [0.717, 1.165) is 43.4 Å². The summed E-state index contributed by atoms with van der Waals surface area (Å²) >= 11 is 12.3. The standard InChI is InChI=1S/C15H14Cl2N2O2/c16-9-6-7-11(17)13(8-9)19-12-5-3-1-2-4-10(12)14(18-19)15(20)21/h6-8H,1-5H2,(H,20,21). The van der Waals surface area contributed by atoms with E-state index in [9.17, 15) is 9.90 Å². The predicted octanol–water partition coefficient (Wildman–Crippen LogP) is 4.15. The maximum atomic E-state index is 11.4. The second kappa shape index (κ2) is 5.70. The summed E-state index contributed by atoms with van der Waals surface area (Å²) in [7, 11) is 0. The number of nitrogens with zero attached hydrogens (tertiary/aromatic N) is 2. The fourth-order valence-electron chi connectivity index (χ4n) is 2.79. The highest BCUT2D eigenvalue weighted by atomic mass is 35.5. The van der Waals surface area contributed by atoms with E-state index in [4.69, 9.17) is 23.2 Å². The second-order valence-electron chi connectivity index (χ2n) is 5.15. The Morgan fingerprint density at radius 3 is 2.71 bits per heavy atom. The maximum Gasteiger partial charge on any atom is 0.356 e. The minimum atomic E-state index is -0.995. The number of fused-ring (bicyclic) bond motifs is 1. The van der Waals surface area contributed by atoms with Crippen LogP contribution >= 0.6 is 23.2 Å². The quantitative estimate of drug-likeness (QED) is 0.844. The Bertz CT molecular complexity index is 710. The van der Waals surface area contributed by atoms with Crippen molar-refractivity contribution in [3.8, 4) is 5.69 Å². The monoisotopic (exact) mass is 324 g/mol. The van der Waals surface area contributed by atoms with Crippen molar-refractivity contribution in [2.75, 3.05) is 0 Å². The second-order valence-corrected chi connectivity index (χ2v) is 5.99. The molecule has 0 spiro atoms. The van der Waals surface area contributed by atoms with Crippen molar-refractivity contribution in [1.82, 2.24) is 9.78 Å². The number of carboxylic acids is 1. The molecule has 0 unspecified atom stereocenters. The first-order valence-electron chi connectivity index (χ1n) is 6.87. The molecule has 1 aliphatic carbocycles. The molecule has 1 aromatic heterocycles. The molecular weight excluding hydrogens is 311 g/mol. The number of aromatic nitrogens is 2. The molecule has 0 bridgehead atoms. The van der Waals surface area contributed by atoms with Crippen molar-refractivity contribution in [2.24, 2.45) is 0 Å². The van der Waals surface area contributed by atoms with Crippen LogP contribution in [0.2, 0.25) is 10.0 Å². The zero-order valence-corrected chi connectivity index (χ0v) is 12.8. The van der Waals surface area contributed by atoms with E-state index in [2.05, 4.69) is 5.10 Å². The van der Waals surface area contributed by atoms with Crippen molar-refractivity contribution in [2.45, 2.75) is 32.1 Å². The van der Waals surface area contributed by atoms with Crippen LogP contribution in [0.3, 0.4) is 0 Å². The number of rotatable bonds is 2. The third-order valence-electron chi connectivity index (χ3n) is 3.77. The van der Waals surface area contributed by atoms with E-state index in [1.165, 1.54) is 0 Å². The van der Waals surface area contributed by atoms with Crippen LogP contribution in [0, 0.1) is 0 Å². The third kappa shape index (κ3) is 2.65. The highest BCUT2D eigenvalue weighted by molar-refractivity contribution is 6.34. The lowest BCUT2D eigenvalue weighted by Gasteiger charge is -2.09. The molecule has 1 N–H and O–H groups in total. The highest BCUT2D eigenvalue weighted by Crippen LogP contribution is 2.30.